The van der Waals surface area contributed by atoms with E-state index in [1.54, 1.807) is 36.4 Å². The third kappa shape index (κ3) is 5.39. The fourth-order valence-electron chi connectivity index (χ4n) is 2.88. The summed E-state index contributed by atoms with van der Waals surface area (Å²) < 4.78 is 21.8. The van der Waals surface area contributed by atoms with E-state index in [2.05, 4.69) is 0 Å². The van der Waals surface area contributed by atoms with Crippen LogP contribution in [0.15, 0.2) is 69.9 Å². The Labute approximate surface area is 178 Å². The van der Waals surface area contributed by atoms with Crippen LogP contribution in [-0.4, -0.2) is 18.5 Å². The molecule has 7 nitrogen and oxygen atoms in total. The Morgan fingerprint density at radius 1 is 0.968 bits per heavy atom. The minimum absolute atomic E-state index is 0.0164. The molecule has 0 N–H and O–H groups in total. The molecule has 0 saturated carbocycles. The third-order valence-corrected chi connectivity index (χ3v) is 4.20. The van der Waals surface area contributed by atoms with Crippen molar-refractivity contribution >= 4 is 22.9 Å². The van der Waals surface area contributed by atoms with Crippen LogP contribution in [-0.2, 0) is 4.79 Å². The highest BCUT2D eigenvalue weighted by atomic mass is 16.6. The molecule has 2 aromatic carbocycles. The summed E-state index contributed by atoms with van der Waals surface area (Å²) in [5.74, 6) is -1.59. The lowest BCUT2D eigenvalue weighted by atomic mass is 10.2. The maximum atomic E-state index is 12.6. The van der Waals surface area contributed by atoms with Crippen molar-refractivity contribution in [2.24, 2.45) is 0 Å². The molecule has 0 saturated heterocycles. The molecule has 31 heavy (non-hydrogen) atoms. The molecule has 0 aliphatic rings. The Balaban J connectivity index is 2.09. The van der Waals surface area contributed by atoms with E-state index in [1.807, 2.05) is 19.1 Å². The standard InChI is InChI=1S/C24H22O7/c1-3-4-5-9-15-28-21-20-18(29-16(2)25)13-10-14-19(20)30-24(27)22(21)31-23(26)17-11-7-6-8-12-17/h4-8,10-14H,3,9,15H2,1-2H3. The first-order valence-electron chi connectivity index (χ1n) is 9.84. The maximum Gasteiger partial charge on any atom is 0.383 e. The van der Waals surface area contributed by atoms with E-state index in [-0.39, 0.29) is 34.6 Å². The molecule has 0 amide bonds. The Morgan fingerprint density at radius 3 is 2.45 bits per heavy atom. The lowest BCUT2D eigenvalue weighted by Gasteiger charge is -2.14. The van der Waals surface area contributed by atoms with Gasteiger partial charge >= 0.3 is 17.6 Å². The number of hydrogen-bond acceptors (Lipinski definition) is 7. The first kappa shape index (κ1) is 21.8. The van der Waals surface area contributed by atoms with Gasteiger partial charge in [0, 0.05) is 6.92 Å². The highest BCUT2D eigenvalue weighted by Crippen LogP contribution is 2.39. The van der Waals surface area contributed by atoms with Gasteiger partial charge < -0.3 is 18.6 Å². The van der Waals surface area contributed by atoms with E-state index in [4.69, 9.17) is 18.6 Å². The molecule has 0 bridgehead atoms. The monoisotopic (exact) mass is 422 g/mol. The van der Waals surface area contributed by atoms with Crippen LogP contribution >= 0.6 is 0 Å². The second-order valence-electron chi connectivity index (χ2n) is 6.54. The summed E-state index contributed by atoms with van der Waals surface area (Å²) in [5, 5.41) is 0.229. The Kier molecular flexibility index (Phi) is 7.22. The number of benzene rings is 2. The van der Waals surface area contributed by atoms with Gasteiger partial charge in [-0.05, 0) is 37.1 Å². The summed E-state index contributed by atoms with van der Waals surface area (Å²) >= 11 is 0. The molecular formula is C24H22O7. The fourth-order valence-corrected chi connectivity index (χ4v) is 2.88. The normalized spacial score (nSPS) is 10.9. The molecule has 7 heteroatoms. The zero-order chi connectivity index (χ0) is 22.2. The maximum absolute atomic E-state index is 12.6. The van der Waals surface area contributed by atoms with E-state index in [0.29, 0.717) is 6.42 Å². The van der Waals surface area contributed by atoms with Crippen molar-refractivity contribution in [3.8, 4) is 17.2 Å². The largest absolute Gasteiger partial charge is 0.488 e. The van der Waals surface area contributed by atoms with Crippen LogP contribution in [0, 0.1) is 0 Å². The number of hydrogen-bond donors (Lipinski definition) is 0. The van der Waals surface area contributed by atoms with Crippen LogP contribution in [0.5, 0.6) is 17.2 Å². The summed E-state index contributed by atoms with van der Waals surface area (Å²) in [6, 6.07) is 12.9. The summed E-state index contributed by atoms with van der Waals surface area (Å²) in [7, 11) is 0. The van der Waals surface area contributed by atoms with Gasteiger partial charge in [-0.25, -0.2) is 9.59 Å². The number of carbonyl (C=O) groups excluding carboxylic acids is 2. The van der Waals surface area contributed by atoms with E-state index in [0.717, 1.165) is 6.42 Å². The van der Waals surface area contributed by atoms with Crippen molar-refractivity contribution in [1.82, 2.24) is 0 Å². The van der Waals surface area contributed by atoms with Crippen LogP contribution in [0.3, 0.4) is 0 Å². The Bertz CT molecular complexity index is 1160. The molecule has 3 aromatic rings. The number of ether oxygens (including phenoxy) is 3. The van der Waals surface area contributed by atoms with Crippen LogP contribution in [0.25, 0.3) is 11.0 Å². The van der Waals surface area contributed by atoms with Gasteiger partial charge in [0.2, 0.25) is 0 Å². The summed E-state index contributed by atoms with van der Waals surface area (Å²) in [5.41, 5.74) is -0.481. The highest BCUT2D eigenvalue weighted by molar-refractivity contribution is 5.96. The van der Waals surface area contributed by atoms with Crippen molar-refractivity contribution in [3.05, 3.63) is 76.7 Å². The predicted octanol–water partition coefficient (Wildman–Crippen LogP) is 4.67. The van der Waals surface area contributed by atoms with Gasteiger partial charge in [0.25, 0.3) is 5.75 Å². The van der Waals surface area contributed by atoms with Crippen molar-refractivity contribution in [2.45, 2.75) is 26.7 Å². The zero-order valence-electron chi connectivity index (χ0n) is 17.3. The Morgan fingerprint density at radius 2 is 1.74 bits per heavy atom. The van der Waals surface area contributed by atoms with Gasteiger partial charge in [0.1, 0.15) is 16.7 Å². The predicted molar refractivity (Wildman–Crippen MR) is 115 cm³/mol. The van der Waals surface area contributed by atoms with Gasteiger partial charge in [-0.3, -0.25) is 4.79 Å². The third-order valence-electron chi connectivity index (χ3n) is 4.20. The second kappa shape index (κ2) is 10.2. The smallest absolute Gasteiger partial charge is 0.383 e. The highest BCUT2D eigenvalue weighted by Gasteiger charge is 2.24. The first-order valence-corrected chi connectivity index (χ1v) is 9.84. The summed E-state index contributed by atoms with van der Waals surface area (Å²) in [6.07, 6.45) is 5.38. The number of rotatable bonds is 8. The van der Waals surface area contributed by atoms with Gasteiger partial charge in [0.05, 0.1) is 12.2 Å². The molecular weight excluding hydrogens is 400 g/mol. The topological polar surface area (TPSA) is 92.0 Å². The zero-order valence-corrected chi connectivity index (χ0v) is 17.3. The second-order valence-corrected chi connectivity index (χ2v) is 6.54. The molecule has 0 fully saturated rings. The van der Waals surface area contributed by atoms with Crippen LogP contribution in [0.1, 0.15) is 37.0 Å². The number of carbonyl (C=O) groups is 2. The van der Waals surface area contributed by atoms with E-state index in [9.17, 15) is 14.4 Å². The lowest BCUT2D eigenvalue weighted by molar-refractivity contribution is -0.131. The lowest BCUT2D eigenvalue weighted by Crippen LogP contribution is -2.16. The molecule has 0 unspecified atom stereocenters. The quantitative estimate of drug-likeness (QED) is 0.171. The fraction of sp³-hybridized carbons (Fsp3) is 0.208. The number of esters is 2. The number of allylic oxidation sites excluding steroid dienone is 1. The van der Waals surface area contributed by atoms with Crippen molar-refractivity contribution < 1.29 is 28.2 Å². The molecule has 0 atom stereocenters. The van der Waals surface area contributed by atoms with E-state index < -0.39 is 23.3 Å². The first-order chi connectivity index (χ1) is 15.0. The van der Waals surface area contributed by atoms with E-state index >= 15 is 0 Å². The summed E-state index contributed by atoms with van der Waals surface area (Å²) in [4.78, 5) is 36.8. The molecule has 160 valence electrons. The van der Waals surface area contributed by atoms with Gasteiger partial charge in [-0.2, -0.15) is 0 Å². The molecule has 0 aliphatic carbocycles. The molecule has 3 rings (SSSR count). The molecule has 1 heterocycles. The van der Waals surface area contributed by atoms with E-state index in [1.165, 1.54) is 19.1 Å². The van der Waals surface area contributed by atoms with Crippen LogP contribution < -0.4 is 19.8 Å². The van der Waals surface area contributed by atoms with Gasteiger partial charge in [-0.15, -0.1) is 0 Å². The van der Waals surface area contributed by atoms with Crippen LogP contribution in [0.2, 0.25) is 0 Å². The van der Waals surface area contributed by atoms with Crippen molar-refractivity contribution in [1.29, 1.82) is 0 Å². The van der Waals surface area contributed by atoms with Crippen LogP contribution in [0.4, 0.5) is 0 Å². The van der Waals surface area contributed by atoms with Crippen molar-refractivity contribution in [3.63, 3.8) is 0 Å². The summed E-state index contributed by atoms with van der Waals surface area (Å²) in [6.45, 7) is 3.48. The average molecular weight is 422 g/mol. The molecule has 1 aromatic heterocycles. The number of fused-ring (bicyclic) bond motifs is 1. The molecule has 0 aliphatic heterocycles. The molecule has 0 radical (unpaired) electrons. The van der Waals surface area contributed by atoms with Crippen molar-refractivity contribution in [2.75, 3.05) is 6.61 Å². The van der Waals surface area contributed by atoms with Gasteiger partial charge in [-0.1, -0.05) is 43.3 Å². The molecule has 0 spiro atoms. The Hall–Kier alpha value is -3.87. The average Bonchev–Trinajstić information content (AvgIpc) is 2.75. The SMILES string of the molecule is CCC=CCCOc1c(OC(=O)c2ccccc2)c(=O)oc2cccc(OC(C)=O)c12. The minimum atomic E-state index is -0.879. The minimum Gasteiger partial charge on any atom is -0.488 e. The van der Waals surface area contributed by atoms with Gasteiger partial charge in [0.15, 0.2) is 5.75 Å².